The molecule has 27 heavy (non-hydrogen) atoms. The van der Waals surface area contributed by atoms with E-state index in [1.807, 2.05) is 31.2 Å². The van der Waals surface area contributed by atoms with Crippen LogP contribution in [0.3, 0.4) is 0 Å². The highest BCUT2D eigenvalue weighted by Crippen LogP contribution is 2.19. The van der Waals surface area contributed by atoms with Crippen LogP contribution in [0.1, 0.15) is 12.5 Å². The number of rotatable bonds is 4. The standard InChI is InChI=1S/C21H24FN3O2/c1-16-4-3-5-20(14-16)25(17(2)26)15-21(27)24-12-10-23(11-13-24)19-8-6-18(22)7-9-19/h3-9,14H,10-13,15H2,1-2H3. The maximum Gasteiger partial charge on any atom is 0.242 e. The molecule has 1 saturated heterocycles. The Kier molecular flexibility index (Phi) is 5.74. The lowest BCUT2D eigenvalue weighted by Crippen LogP contribution is -2.51. The molecule has 0 bridgehead atoms. The second-order valence-corrected chi connectivity index (χ2v) is 6.79. The van der Waals surface area contributed by atoms with Gasteiger partial charge in [-0.15, -0.1) is 0 Å². The average molecular weight is 369 g/mol. The predicted molar refractivity (Wildman–Crippen MR) is 104 cm³/mol. The summed E-state index contributed by atoms with van der Waals surface area (Å²) in [5.74, 6) is -0.475. The number of carbonyl (C=O) groups excluding carboxylic acids is 2. The first-order valence-electron chi connectivity index (χ1n) is 9.07. The van der Waals surface area contributed by atoms with Crippen molar-refractivity contribution in [2.75, 3.05) is 42.5 Å². The lowest BCUT2D eigenvalue weighted by molar-refractivity contribution is -0.131. The lowest BCUT2D eigenvalue weighted by Gasteiger charge is -2.37. The van der Waals surface area contributed by atoms with Crippen molar-refractivity contribution in [3.63, 3.8) is 0 Å². The number of nitrogens with zero attached hydrogens (tertiary/aromatic N) is 3. The first-order valence-corrected chi connectivity index (χ1v) is 9.07. The minimum Gasteiger partial charge on any atom is -0.368 e. The van der Waals surface area contributed by atoms with Gasteiger partial charge in [0.15, 0.2) is 0 Å². The SMILES string of the molecule is CC(=O)N(CC(=O)N1CCN(c2ccc(F)cc2)CC1)c1cccc(C)c1. The fourth-order valence-electron chi connectivity index (χ4n) is 3.28. The summed E-state index contributed by atoms with van der Waals surface area (Å²) in [5, 5.41) is 0. The molecule has 0 N–H and O–H groups in total. The third-order valence-electron chi connectivity index (χ3n) is 4.81. The summed E-state index contributed by atoms with van der Waals surface area (Å²) in [6.07, 6.45) is 0. The summed E-state index contributed by atoms with van der Waals surface area (Å²) in [6, 6.07) is 14.0. The van der Waals surface area contributed by atoms with Gasteiger partial charge in [0.05, 0.1) is 0 Å². The number of benzene rings is 2. The van der Waals surface area contributed by atoms with E-state index in [1.54, 1.807) is 17.0 Å². The molecule has 0 aliphatic carbocycles. The molecule has 1 heterocycles. The van der Waals surface area contributed by atoms with E-state index in [0.29, 0.717) is 26.2 Å². The summed E-state index contributed by atoms with van der Waals surface area (Å²) in [5.41, 5.74) is 2.73. The molecule has 1 aliphatic heterocycles. The number of carbonyl (C=O) groups is 2. The summed E-state index contributed by atoms with van der Waals surface area (Å²) in [4.78, 5) is 30.2. The molecule has 0 spiro atoms. The van der Waals surface area contributed by atoms with Crippen LogP contribution < -0.4 is 9.80 Å². The highest BCUT2D eigenvalue weighted by atomic mass is 19.1. The molecule has 1 aliphatic rings. The van der Waals surface area contributed by atoms with Gasteiger partial charge < -0.3 is 14.7 Å². The molecule has 1 fully saturated rings. The van der Waals surface area contributed by atoms with Gasteiger partial charge in [-0.1, -0.05) is 12.1 Å². The predicted octanol–water partition coefficient (Wildman–Crippen LogP) is 2.84. The molecule has 142 valence electrons. The first-order chi connectivity index (χ1) is 12.9. The molecule has 0 atom stereocenters. The van der Waals surface area contributed by atoms with E-state index >= 15 is 0 Å². The maximum absolute atomic E-state index is 13.1. The Morgan fingerprint density at radius 3 is 2.30 bits per heavy atom. The van der Waals surface area contributed by atoms with Crippen molar-refractivity contribution < 1.29 is 14.0 Å². The summed E-state index contributed by atoms with van der Waals surface area (Å²) in [6.45, 7) is 5.99. The fraction of sp³-hybridized carbons (Fsp3) is 0.333. The zero-order valence-corrected chi connectivity index (χ0v) is 15.7. The number of hydrogen-bond acceptors (Lipinski definition) is 3. The monoisotopic (exact) mass is 369 g/mol. The number of anilines is 2. The van der Waals surface area contributed by atoms with Gasteiger partial charge in [-0.05, 0) is 48.9 Å². The molecule has 0 radical (unpaired) electrons. The van der Waals surface area contributed by atoms with Crippen LogP contribution in [0.15, 0.2) is 48.5 Å². The molecule has 2 aromatic rings. The van der Waals surface area contributed by atoms with Crippen LogP contribution in [0, 0.1) is 12.7 Å². The third kappa shape index (κ3) is 4.64. The summed E-state index contributed by atoms with van der Waals surface area (Å²) < 4.78 is 13.1. The fourth-order valence-corrected chi connectivity index (χ4v) is 3.28. The third-order valence-corrected chi connectivity index (χ3v) is 4.81. The highest BCUT2D eigenvalue weighted by molar-refractivity contribution is 5.97. The zero-order chi connectivity index (χ0) is 19.4. The Hall–Kier alpha value is -2.89. The van der Waals surface area contributed by atoms with Crippen molar-refractivity contribution in [1.29, 1.82) is 0 Å². The van der Waals surface area contributed by atoms with E-state index in [2.05, 4.69) is 4.90 Å². The van der Waals surface area contributed by atoms with Gasteiger partial charge in [0.2, 0.25) is 11.8 Å². The Morgan fingerprint density at radius 1 is 1.04 bits per heavy atom. The second kappa shape index (κ2) is 8.20. The van der Waals surface area contributed by atoms with Gasteiger partial charge >= 0.3 is 0 Å². The zero-order valence-electron chi connectivity index (χ0n) is 15.7. The van der Waals surface area contributed by atoms with Crippen LogP contribution in [0.4, 0.5) is 15.8 Å². The Morgan fingerprint density at radius 2 is 1.70 bits per heavy atom. The molecule has 2 amide bonds. The van der Waals surface area contributed by atoms with Crippen LogP contribution >= 0.6 is 0 Å². The molecule has 2 aromatic carbocycles. The molecule has 0 aromatic heterocycles. The smallest absolute Gasteiger partial charge is 0.242 e. The lowest BCUT2D eigenvalue weighted by atomic mass is 10.2. The Labute approximate surface area is 159 Å². The van der Waals surface area contributed by atoms with Gasteiger partial charge in [-0.3, -0.25) is 9.59 Å². The van der Waals surface area contributed by atoms with Crippen LogP contribution in [0.2, 0.25) is 0 Å². The van der Waals surface area contributed by atoms with Crippen LogP contribution in [-0.4, -0.2) is 49.4 Å². The van der Waals surface area contributed by atoms with Crippen molar-refractivity contribution in [3.8, 4) is 0 Å². The van der Waals surface area contributed by atoms with E-state index in [-0.39, 0.29) is 24.2 Å². The van der Waals surface area contributed by atoms with Gasteiger partial charge in [0.1, 0.15) is 12.4 Å². The number of hydrogen-bond donors (Lipinski definition) is 0. The molecular weight excluding hydrogens is 345 g/mol. The Balaban J connectivity index is 1.61. The van der Waals surface area contributed by atoms with Crippen LogP contribution in [0.5, 0.6) is 0 Å². The molecule has 0 unspecified atom stereocenters. The van der Waals surface area contributed by atoms with Gasteiger partial charge in [-0.25, -0.2) is 4.39 Å². The molecular formula is C21H24FN3O2. The number of amides is 2. The van der Waals surface area contributed by atoms with E-state index < -0.39 is 0 Å². The van der Waals surface area contributed by atoms with E-state index in [0.717, 1.165) is 16.9 Å². The van der Waals surface area contributed by atoms with Gasteiger partial charge in [0, 0.05) is 44.5 Å². The van der Waals surface area contributed by atoms with Crippen molar-refractivity contribution in [2.45, 2.75) is 13.8 Å². The van der Waals surface area contributed by atoms with Crippen LogP contribution in [0.25, 0.3) is 0 Å². The number of piperazine rings is 1. The topological polar surface area (TPSA) is 43.9 Å². The normalized spacial score (nSPS) is 14.2. The van der Waals surface area contributed by atoms with Crippen molar-refractivity contribution in [3.05, 3.63) is 59.9 Å². The van der Waals surface area contributed by atoms with Crippen LogP contribution in [-0.2, 0) is 9.59 Å². The first kappa shape index (κ1) is 18.9. The maximum atomic E-state index is 13.1. The van der Waals surface area contributed by atoms with E-state index in [1.165, 1.54) is 24.0 Å². The van der Waals surface area contributed by atoms with Gasteiger partial charge in [0.25, 0.3) is 0 Å². The van der Waals surface area contributed by atoms with Crippen molar-refractivity contribution in [1.82, 2.24) is 4.90 Å². The number of halogens is 1. The summed E-state index contributed by atoms with van der Waals surface area (Å²) in [7, 11) is 0. The average Bonchev–Trinajstić information content (AvgIpc) is 2.66. The van der Waals surface area contributed by atoms with Gasteiger partial charge in [-0.2, -0.15) is 0 Å². The quantitative estimate of drug-likeness (QED) is 0.832. The molecule has 3 rings (SSSR count). The number of aryl methyl sites for hydroxylation is 1. The molecule has 5 nitrogen and oxygen atoms in total. The second-order valence-electron chi connectivity index (χ2n) is 6.79. The van der Waals surface area contributed by atoms with E-state index in [4.69, 9.17) is 0 Å². The Bertz CT molecular complexity index is 814. The molecule has 0 saturated carbocycles. The van der Waals surface area contributed by atoms with Crippen molar-refractivity contribution in [2.24, 2.45) is 0 Å². The van der Waals surface area contributed by atoms with Crippen molar-refractivity contribution >= 4 is 23.2 Å². The highest BCUT2D eigenvalue weighted by Gasteiger charge is 2.24. The minimum atomic E-state index is -0.256. The van der Waals surface area contributed by atoms with E-state index in [9.17, 15) is 14.0 Å². The molecule has 6 heteroatoms. The largest absolute Gasteiger partial charge is 0.368 e. The summed E-state index contributed by atoms with van der Waals surface area (Å²) >= 11 is 0. The minimum absolute atomic E-state index is 0.0370.